The molecule has 0 fully saturated rings. The number of nitrogens with zero attached hydrogens (tertiary/aromatic N) is 1. The number of likely N-dealkylation sites (N-methyl/N-ethyl adjacent to an activating group) is 1. The molecule has 0 aliphatic rings. The van der Waals surface area contributed by atoms with Crippen molar-refractivity contribution >= 4 is 0 Å². The standard InChI is InChI=1S/C17H38N2/c1-8-11-12-15(10-3)14-16(18-13-9-2)17(4,5)19(6)7/h15-16,18H,8-14H2,1-7H3. The Labute approximate surface area is 122 Å². The van der Waals surface area contributed by atoms with Crippen LogP contribution in [-0.2, 0) is 0 Å². The lowest BCUT2D eigenvalue weighted by Crippen LogP contribution is -2.56. The highest BCUT2D eigenvalue weighted by Crippen LogP contribution is 2.26. The van der Waals surface area contributed by atoms with Gasteiger partial charge in [0.15, 0.2) is 0 Å². The van der Waals surface area contributed by atoms with Crippen LogP contribution in [0.2, 0.25) is 0 Å². The molecule has 0 radical (unpaired) electrons. The van der Waals surface area contributed by atoms with Gasteiger partial charge in [-0.3, -0.25) is 0 Å². The lowest BCUT2D eigenvalue weighted by molar-refractivity contribution is 0.119. The third-order valence-electron chi connectivity index (χ3n) is 4.76. The quantitative estimate of drug-likeness (QED) is 0.602. The summed E-state index contributed by atoms with van der Waals surface area (Å²) in [6.45, 7) is 12.8. The molecule has 0 aliphatic heterocycles. The Morgan fingerprint density at radius 3 is 2.11 bits per heavy atom. The molecule has 0 aromatic carbocycles. The number of rotatable bonds is 11. The Kier molecular flexibility index (Phi) is 9.72. The van der Waals surface area contributed by atoms with Crippen LogP contribution in [0.15, 0.2) is 0 Å². The van der Waals surface area contributed by atoms with E-state index in [1.807, 2.05) is 0 Å². The van der Waals surface area contributed by atoms with Gasteiger partial charge in [0.05, 0.1) is 0 Å². The average Bonchev–Trinajstić information content (AvgIpc) is 2.37. The van der Waals surface area contributed by atoms with Gasteiger partial charge >= 0.3 is 0 Å². The van der Waals surface area contributed by atoms with E-state index in [1.54, 1.807) is 0 Å². The van der Waals surface area contributed by atoms with Crippen LogP contribution in [0.25, 0.3) is 0 Å². The van der Waals surface area contributed by atoms with Gasteiger partial charge in [0.1, 0.15) is 0 Å². The Morgan fingerprint density at radius 1 is 1.05 bits per heavy atom. The van der Waals surface area contributed by atoms with Crippen molar-refractivity contribution in [1.29, 1.82) is 0 Å². The summed E-state index contributed by atoms with van der Waals surface area (Å²) >= 11 is 0. The monoisotopic (exact) mass is 270 g/mol. The Morgan fingerprint density at radius 2 is 1.68 bits per heavy atom. The van der Waals surface area contributed by atoms with Crippen molar-refractivity contribution in [3.63, 3.8) is 0 Å². The van der Waals surface area contributed by atoms with Crippen LogP contribution >= 0.6 is 0 Å². The largest absolute Gasteiger partial charge is 0.312 e. The van der Waals surface area contributed by atoms with Gasteiger partial charge in [-0.1, -0.05) is 46.5 Å². The van der Waals surface area contributed by atoms with E-state index in [0.717, 1.165) is 12.5 Å². The molecule has 1 N–H and O–H groups in total. The minimum absolute atomic E-state index is 0.217. The first-order chi connectivity index (χ1) is 8.89. The number of nitrogens with one attached hydrogen (secondary N) is 1. The van der Waals surface area contributed by atoms with Gasteiger partial charge in [-0.25, -0.2) is 0 Å². The highest BCUT2D eigenvalue weighted by Gasteiger charge is 2.32. The summed E-state index contributed by atoms with van der Waals surface area (Å²) in [5, 5.41) is 3.79. The fourth-order valence-electron chi connectivity index (χ4n) is 2.57. The van der Waals surface area contributed by atoms with Gasteiger partial charge in [0, 0.05) is 11.6 Å². The fraction of sp³-hybridized carbons (Fsp3) is 1.00. The number of unbranched alkanes of at least 4 members (excludes halogenated alkanes) is 1. The van der Waals surface area contributed by atoms with Gasteiger partial charge in [-0.15, -0.1) is 0 Å². The molecule has 0 heterocycles. The maximum Gasteiger partial charge on any atom is 0.0300 e. The molecule has 0 aromatic heterocycles. The summed E-state index contributed by atoms with van der Waals surface area (Å²) < 4.78 is 0. The predicted octanol–water partition coefficient (Wildman–Crippen LogP) is 4.30. The van der Waals surface area contributed by atoms with Crippen molar-refractivity contribution in [3.05, 3.63) is 0 Å². The van der Waals surface area contributed by atoms with Gasteiger partial charge in [-0.05, 0) is 53.2 Å². The summed E-state index contributed by atoms with van der Waals surface area (Å²) in [5.74, 6) is 0.869. The SMILES string of the molecule is CCCCC(CC)CC(NCCC)C(C)(C)N(C)C. The molecule has 0 aromatic rings. The molecule has 0 aliphatic carbocycles. The van der Waals surface area contributed by atoms with Crippen molar-refractivity contribution in [3.8, 4) is 0 Å². The molecule has 2 nitrogen and oxygen atoms in total. The van der Waals surface area contributed by atoms with E-state index in [1.165, 1.54) is 38.5 Å². The number of hydrogen-bond donors (Lipinski definition) is 1. The zero-order valence-electron chi connectivity index (χ0n) is 14.6. The van der Waals surface area contributed by atoms with E-state index in [-0.39, 0.29) is 5.54 Å². The Hall–Kier alpha value is -0.0800. The van der Waals surface area contributed by atoms with Crippen LogP contribution in [-0.4, -0.2) is 37.1 Å². The topological polar surface area (TPSA) is 15.3 Å². The normalized spacial score (nSPS) is 15.8. The van der Waals surface area contributed by atoms with Gasteiger partial charge in [0.2, 0.25) is 0 Å². The van der Waals surface area contributed by atoms with E-state index in [2.05, 4.69) is 58.9 Å². The first-order valence-corrected chi connectivity index (χ1v) is 8.30. The van der Waals surface area contributed by atoms with E-state index in [4.69, 9.17) is 0 Å². The van der Waals surface area contributed by atoms with E-state index < -0.39 is 0 Å². The van der Waals surface area contributed by atoms with Crippen molar-refractivity contribution in [2.45, 2.75) is 84.7 Å². The Bertz CT molecular complexity index is 211. The highest BCUT2D eigenvalue weighted by atomic mass is 15.2. The van der Waals surface area contributed by atoms with Crippen LogP contribution in [0.5, 0.6) is 0 Å². The fourth-order valence-corrected chi connectivity index (χ4v) is 2.57. The van der Waals surface area contributed by atoms with Crippen LogP contribution in [0.4, 0.5) is 0 Å². The molecule has 2 heteroatoms. The zero-order chi connectivity index (χ0) is 14.9. The third-order valence-corrected chi connectivity index (χ3v) is 4.76. The maximum absolute atomic E-state index is 3.79. The molecule has 2 atom stereocenters. The summed E-state index contributed by atoms with van der Waals surface area (Å²) in [6, 6.07) is 0.587. The zero-order valence-corrected chi connectivity index (χ0v) is 14.6. The molecular formula is C17H38N2. The first kappa shape index (κ1) is 18.9. The molecule has 0 amide bonds. The predicted molar refractivity (Wildman–Crippen MR) is 87.8 cm³/mol. The van der Waals surface area contributed by atoms with Crippen LogP contribution in [0.1, 0.15) is 73.1 Å². The lowest BCUT2D eigenvalue weighted by atomic mass is 9.83. The van der Waals surface area contributed by atoms with Gasteiger partial charge < -0.3 is 10.2 Å². The van der Waals surface area contributed by atoms with E-state index in [9.17, 15) is 0 Å². The van der Waals surface area contributed by atoms with Crippen LogP contribution in [0.3, 0.4) is 0 Å². The summed E-state index contributed by atoms with van der Waals surface area (Å²) in [5.41, 5.74) is 0.217. The molecule has 116 valence electrons. The molecule has 0 saturated carbocycles. The van der Waals surface area contributed by atoms with Crippen molar-refractivity contribution in [2.24, 2.45) is 5.92 Å². The van der Waals surface area contributed by atoms with Crippen LogP contribution < -0.4 is 5.32 Å². The lowest BCUT2D eigenvalue weighted by Gasteiger charge is -2.42. The number of hydrogen-bond acceptors (Lipinski definition) is 2. The molecule has 19 heavy (non-hydrogen) atoms. The van der Waals surface area contributed by atoms with E-state index in [0.29, 0.717) is 6.04 Å². The molecule has 0 spiro atoms. The molecule has 0 bridgehead atoms. The molecule has 0 saturated heterocycles. The third kappa shape index (κ3) is 6.76. The maximum atomic E-state index is 3.79. The van der Waals surface area contributed by atoms with Gasteiger partial charge in [-0.2, -0.15) is 0 Å². The molecule has 0 rings (SSSR count). The Balaban J connectivity index is 4.64. The summed E-state index contributed by atoms with van der Waals surface area (Å²) in [7, 11) is 4.40. The van der Waals surface area contributed by atoms with Crippen LogP contribution in [0, 0.1) is 5.92 Å². The van der Waals surface area contributed by atoms with Crippen molar-refractivity contribution in [2.75, 3.05) is 20.6 Å². The highest BCUT2D eigenvalue weighted by molar-refractivity contribution is 4.92. The smallest absolute Gasteiger partial charge is 0.0300 e. The first-order valence-electron chi connectivity index (χ1n) is 8.30. The second kappa shape index (κ2) is 9.77. The second-order valence-corrected chi connectivity index (χ2v) is 6.71. The van der Waals surface area contributed by atoms with Crippen molar-refractivity contribution in [1.82, 2.24) is 10.2 Å². The molecule has 2 unspecified atom stereocenters. The van der Waals surface area contributed by atoms with E-state index >= 15 is 0 Å². The molecular weight excluding hydrogens is 232 g/mol. The van der Waals surface area contributed by atoms with Crippen molar-refractivity contribution < 1.29 is 0 Å². The summed E-state index contributed by atoms with van der Waals surface area (Å²) in [6.07, 6.45) is 7.92. The minimum Gasteiger partial charge on any atom is -0.312 e. The summed E-state index contributed by atoms with van der Waals surface area (Å²) in [4.78, 5) is 2.37. The second-order valence-electron chi connectivity index (χ2n) is 6.71. The average molecular weight is 271 g/mol. The van der Waals surface area contributed by atoms with Gasteiger partial charge in [0.25, 0.3) is 0 Å². The minimum atomic E-state index is 0.217.